The topological polar surface area (TPSA) is 49.4 Å². The maximum atomic E-state index is 12.6. The molecular weight excluding hydrogens is 264 g/mol. The highest BCUT2D eigenvalue weighted by Crippen LogP contribution is 2.18. The highest BCUT2D eigenvalue weighted by atomic mass is 16.2. The zero-order valence-electron chi connectivity index (χ0n) is 13.1. The van der Waals surface area contributed by atoms with Gasteiger partial charge in [0.15, 0.2) is 0 Å². The Bertz CT molecular complexity index is 527. The molecule has 0 radical (unpaired) electrons. The average molecular weight is 288 g/mol. The van der Waals surface area contributed by atoms with E-state index in [-0.39, 0.29) is 30.3 Å². The van der Waals surface area contributed by atoms with Crippen molar-refractivity contribution in [1.82, 2.24) is 10.2 Å². The minimum Gasteiger partial charge on any atom is -0.342 e. The van der Waals surface area contributed by atoms with Crippen molar-refractivity contribution in [2.75, 3.05) is 6.54 Å². The van der Waals surface area contributed by atoms with Crippen molar-refractivity contribution in [2.45, 2.75) is 46.2 Å². The van der Waals surface area contributed by atoms with E-state index < -0.39 is 0 Å². The van der Waals surface area contributed by atoms with Gasteiger partial charge in [0, 0.05) is 6.54 Å². The molecule has 2 unspecified atom stereocenters. The molecule has 1 aromatic carbocycles. The first kappa shape index (κ1) is 15.5. The summed E-state index contributed by atoms with van der Waals surface area (Å²) in [4.78, 5) is 26.2. The predicted molar refractivity (Wildman–Crippen MR) is 82.6 cm³/mol. The fourth-order valence-electron chi connectivity index (χ4n) is 2.75. The number of nitrogens with one attached hydrogen (secondary N) is 1. The molecule has 2 amide bonds. The van der Waals surface area contributed by atoms with Crippen LogP contribution in [0.2, 0.25) is 0 Å². The molecule has 1 fully saturated rings. The van der Waals surface area contributed by atoms with Gasteiger partial charge in [-0.15, -0.1) is 0 Å². The summed E-state index contributed by atoms with van der Waals surface area (Å²) in [5, 5.41) is 2.83. The first-order valence-electron chi connectivity index (χ1n) is 7.71. The third-order valence-corrected chi connectivity index (χ3v) is 4.30. The number of hydrogen-bond acceptors (Lipinski definition) is 2. The fourth-order valence-corrected chi connectivity index (χ4v) is 2.75. The van der Waals surface area contributed by atoms with Crippen molar-refractivity contribution in [2.24, 2.45) is 5.92 Å². The molecule has 21 heavy (non-hydrogen) atoms. The lowest BCUT2D eigenvalue weighted by atomic mass is 9.95. The Morgan fingerprint density at radius 2 is 1.90 bits per heavy atom. The first-order valence-corrected chi connectivity index (χ1v) is 7.71. The molecule has 0 bridgehead atoms. The number of rotatable bonds is 5. The van der Waals surface area contributed by atoms with E-state index in [4.69, 9.17) is 0 Å². The summed E-state index contributed by atoms with van der Waals surface area (Å²) in [5.74, 6) is 0.134. The van der Waals surface area contributed by atoms with E-state index in [1.54, 1.807) is 4.90 Å². The zero-order valence-corrected chi connectivity index (χ0v) is 13.1. The largest absolute Gasteiger partial charge is 0.342 e. The Hall–Kier alpha value is -1.84. The summed E-state index contributed by atoms with van der Waals surface area (Å²) in [7, 11) is 0. The summed E-state index contributed by atoms with van der Waals surface area (Å²) in [6.07, 6.45) is 1.80. The van der Waals surface area contributed by atoms with Gasteiger partial charge in [-0.2, -0.15) is 0 Å². The SMILES string of the molecule is CCc1ccccc1CN1CC(=O)NC(C(C)CC)C1=O. The molecule has 0 saturated carbocycles. The fraction of sp³-hybridized carbons (Fsp3) is 0.529. The van der Waals surface area contributed by atoms with Crippen LogP contribution in [0.5, 0.6) is 0 Å². The van der Waals surface area contributed by atoms with Gasteiger partial charge in [-0.05, 0) is 23.5 Å². The number of carbonyl (C=O) groups is 2. The van der Waals surface area contributed by atoms with Crippen LogP contribution in [-0.4, -0.2) is 29.3 Å². The second-order valence-electron chi connectivity index (χ2n) is 5.75. The molecule has 4 heteroatoms. The summed E-state index contributed by atoms with van der Waals surface area (Å²) in [6, 6.07) is 7.72. The van der Waals surface area contributed by atoms with Crippen molar-refractivity contribution in [1.29, 1.82) is 0 Å². The lowest BCUT2D eigenvalue weighted by molar-refractivity contribution is -0.146. The Kier molecular flexibility index (Phi) is 4.99. The van der Waals surface area contributed by atoms with Crippen LogP contribution >= 0.6 is 0 Å². The first-order chi connectivity index (χ1) is 10.1. The van der Waals surface area contributed by atoms with E-state index in [2.05, 4.69) is 18.3 Å². The van der Waals surface area contributed by atoms with Gasteiger partial charge in [-0.3, -0.25) is 9.59 Å². The van der Waals surface area contributed by atoms with Crippen LogP contribution in [0.1, 0.15) is 38.3 Å². The summed E-state index contributed by atoms with van der Waals surface area (Å²) in [5.41, 5.74) is 2.36. The molecule has 114 valence electrons. The molecule has 1 aromatic rings. The van der Waals surface area contributed by atoms with Crippen molar-refractivity contribution in [3.05, 3.63) is 35.4 Å². The quantitative estimate of drug-likeness (QED) is 0.902. The van der Waals surface area contributed by atoms with Crippen LogP contribution in [0.4, 0.5) is 0 Å². The van der Waals surface area contributed by atoms with E-state index in [0.29, 0.717) is 6.54 Å². The Morgan fingerprint density at radius 1 is 1.24 bits per heavy atom. The van der Waals surface area contributed by atoms with Gasteiger partial charge >= 0.3 is 0 Å². The zero-order chi connectivity index (χ0) is 15.4. The highest BCUT2D eigenvalue weighted by Gasteiger charge is 2.35. The molecule has 0 spiro atoms. The number of carbonyl (C=O) groups excluding carboxylic acids is 2. The number of aryl methyl sites for hydroxylation is 1. The third-order valence-electron chi connectivity index (χ3n) is 4.30. The van der Waals surface area contributed by atoms with Gasteiger partial charge in [-0.1, -0.05) is 51.5 Å². The predicted octanol–water partition coefficient (Wildman–Crippen LogP) is 2.12. The summed E-state index contributed by atoms with van der Waals surface area (Å²) >= 11 is 0. The second-order valence-corrected chi connectivity index (χ2v) is 5.75. The maximum Gasteiger partial charge on any atom is 0.246 e. The lowest BCUT2D eigenvalue weighted by Crippen LogP contribution is -2.59. The van der Waals surface area contributed by atoms with Gasteiger partial charge in [0.2, 0.25) is 11.8 Å². The standard InChI is InChI=1S/C17H24N2O2/c1-4-12(3)16-17(21)19(11-15(20)18-16)10-14-9-7-6-8-13(14)5-2/h6-9,12,16H,4-5,10-11H2,1-3H3,(H,18,20). The number of nitrogens with zero attached hydrogens (tertiary/aromatic N) is 1. The molecule has 1 heterocycles. The maximum absolute atomic E-state index is 12.6. The van der Waals surface area contributed by atoms with Crippen LogP contribution in [0.3, 0.4) is 0 Å². The Morgan fingerprint density at radius 3 is 2.52 bits per heavy atom. The normalized spacial score (nSPS) is 20.3. The number of benzene rings is 1. The molecular formula is C17H24N2O2. The van der Waals surface area contributed by atoms with Crippen LogP contribution < -0.4 is 5.32 Å². The van der Waals surface area contributed by atoms with Crippen molar-refractivity contribution in [3.8, 4) is 0 Å². The molecule has 4 nitrogen and oxygen atoms in total. The third kappa shape index (κ3) is 3.43. The van der Waals surface area contributed by atoms with Crippen molar-refractivity contribution < 1.29 is 9.59 Å². The number of amides is 2. The molecule has 0 aromatic heterocycles. The molecule has 1 aliphatic rings. The highest BCUT2D eigenvalue weighted by molar-refractivity contribution is 5.95. The molecule has 1 aliphatic heterocycles. The monoisotopic (exact) mass is 288 g/mol. The minimum atomic E-state index is -0.384. The van der Waals surface area contributed by atoms with Crippen molar-refractivity contribution >= 4 is 11.8 Å². The number of piperazine rings is 1. The second kappa shape index (κ2) is 6.74. The molecule has 1 saturated heterocycles. The molecule has 2 rings (SSSR count). The van der Waals surface area contributed by atoms with E-state index in [1.165, 1.54) is 5.56 Å². The van der Waals surface area contributed by atoms with Gasteiger partial charge < -0.3 is 10.2 Å². The van der Waals surface area contributed by atoms with E-state index in [9.17, 15) is 9.59 Å². The van der Waals surface area contributed by atoms with Gasteiger partial charge in [0.25, 0.3) is 0 Å². The van der Waals surface area contributed by atoms with Gasteiger partial charge in [0.05, 0.1) is 6.54 Å². The molecule has 2 atom stereocenters. The smallest absolute Gasteiger partial charge is 0.246 e. The van der Waals surface area contributed by atoms with E-state index in [1.807, 2.05) is 32.0 Å². The van der Waals surface area contributed by atoms with E-state index in [0.717, 1.165) is 18.4 Å². The van der Waals surface area contributed by atoms with Crippen LogP contribution in [-0.2, 0) is 22.6 Å². The Balaban J connectivity index is 2.18. The van der Waals surface area contributed by atoms with Gasteiger partial charge in [0.1, 0.15) is 6.04 Å². The van der Waals surface area contributed by atoms with Crippen LogP contribution in [0.15, 0.2) is 24.3 Å². The van der Waals surface area contributed by atoms with Crippen LogP contribution in [0.25, 0.3) is 0 Å². The van der Waals surface area contributed by atoms with Gasteiger partial charge in [-0.25, -0.2) is 0 Å². The van der Waals surface area contributed by atoms with E-state index >= 15 is 0 Å². The number of hydrogen-bond donors (Lipinski definition) is 1. The minimum absolute atomic E-state index is 0.0369. The lowest BCUT2D eigenvalue weighted by Gasteiger charge is -2.35. The molecule has 1 N–H and O–H groups in total. The van der Waals surface area contributed by atoms with Crippen LogP contribution in [0, 0.1) is 5.92 Å². The Labute approximate surface area is 126 Å². The summed E-state index contributed by atoms with van der Waals surface area (Å²) in [6.45, 7) is 6.82. The average Bonchev–Trinajstić information content (AvgIpc) is 2.50. The summed E-state index contributed by atoms with van der Waals surface area (Å²) < 4.78 is 0. The van der Waals surface area contributed by atoms with Crippen molar-refractivity contribution in [3.63, 3.8) is 0 Å². The molecule has 0 aliphatic carbocycles.